The molecule has 0 bridgehead atoms. The number of H-pyrrole nitrogens is 1. The second-order valence-electron chi connectivity index (χ2n) is 10.6. The van der Waals surface area contributed by atoms with Crippen LogP contribution in [0.3, 0.4) is 0 Å². The number of anilines is 1. The molecule has 0 unspecified atom stereocenters. The van der Waals surface area contributed by atoms with Gasteiger partial charge in [-0.1, -0.05) is 0 Å². The summed E-state index contributed by atoms with van der Waals surface area (Å²) in [7, 11) is 0. The van der Waals surface area contributed by atoms with Crippen LogP contribution in [-0.4, -0.2) is 65.4 Å². The Bertz CT molecular complexity index is 1810. The largest absolute Gasteiger partial charge is 0.373 e. The maximum absolute atomic E-state index is 13.2. The lowest BCUT2D eigenvalue weighted by atomic mass is 9.75. The van der Waals surface area contributed by atoms with Crippen LogP contribution in [0.4, 0.5) is 5.69 Å². The normalized spacial score (nSPS) is 18.9. The summed E-state index contributed by atoms with van der Waals surface area (Å²) in [6, 6.07) is 1.77. The molecule has 0 aromatic carbocycles. The molecule has 11 nitrogen and oxygen atoms in total. The van der Waals surface area contributed by atoms with Crippen molar-refractivity contribution in [3.8, 4) is 10.4 Å². The molecular weight excluding hydrogens is 504 g/mol. The first kappa shape index (κ1) is 22.4. The Balaban J connectivity index is 1.11. The fraction of sp³-hybridized carbons (Fsp3) is 0.423. The van der Waals surface area contributed by atoms with E-state index in [0.717, 1.165) is 40.5 Å². The fourth-order valence-corrected chi connectivity index (χ4v) is 7.51. The van der Waals surface area contributed by atoms with Crippen molar-refractivity contribution in [1.29, 1.82) is 0 Å². The molecular formula is C26H26N8O3S. The van der Waals surface area contributed by atoms with E-state index in [1.165, 1.54) is 37.0 Å². The summed E-state index contributed by atoms with van der Waals surface area (Å²) < 4.78 is 9.34. The molecule has 2 fully saturated rings. The zero-order chi connectivity index (χ0) is 25.4. The van der Waals surface area contributed by atoms with Crippen molar-refractivity contribution in [2.45, 2.75) is 50.8 Å². The maximum Gasteiger partial charge on any atom is 0.261 e. The standard InChI is InChI=1S/C26H26N8O3S/c35-20(13-32-6-2-5-26(32)3-1-4-26)29-15-9-17-22(27-10-15)23-21(24(36)30-17)25-34(31-23)12-19(38-25)16-11-28-33-7-8-37-14-18(16)33/h9-12H,1-8,13-14H2,(H,29,35)(H,30,36). The number of hydrogen-bond donors (Lipinski definition) is 2. The number of rotatable bonds is 4. The number of nitrogens with zero attached hydrogens (tertiary/aromatic N) is 6. The van der Waals surface area contributed by atoms with Crippen molar-refractivity contribution in [3.05, 3.63) is 40.7 Å². The van der Waals surface area contributed by atoms with Crippen molar-refractivity contribution in [2.24, 2.45) is 0 Å². The number of fused-ring (bicyclic) bond motifs is 6. The predicted octanol–water partition coefficient (Wildman–Crippen LogP) is 3.14. The zero-order valence-corrected chi connectivity index (χ0v) is 21.5. The van der Waals surface area contributed by atoms with Gasteiger partial charge in [-0.2, -0.15) is 10.2 Å². The number of ether oxygens (including phenoxy) is 1. The molecule has 3 aliphatic rings. The molecule has 5 aromatic heterocycles. The molecule has 2 N–H and O–H groups in total. The van der Waals surface area contributed by atoms with Crippen molar-refractivity contribution < 1.29 is 9.53 Å². The van der Waals surface area contributed by atoms with Crippen LogP contribution in [-0.2, 0) is 22.7 Å². The average Bonchev–Trinajstić information content (AvgIpc) is 3.64. The number of aromatic nitrogens is 6. The van der Waals surface area contributed by atoms with Crippen LogP contribution in [0.1, 0.15) is 37.8 Å². The Kier molecular flexibility index (Phi) is 4.83. The predicted molar refractivity (Wildman–Crippen MR) is 143 cm³/mol. The first-order valence-electron chi connectivity index (χ1n) is 13.1. The third-order valence-electron chi connectivity index (χ3n) is 8.44. The van der Waals surface area contributed by atoms with E-state index in [9.17, 15) is 9.59 Å². The van der Waals surface area contributed by atoms with E-state index in [2.05, 4.69) is 25.3 Å². The number of likely N-dealkylation sites (tertiary alicyclic amines) is 1. The second-order valence-corrected chi connectivity index (χ2v) is 11.6. The Morgan fingerprint density at radius 3 is 2.95 bits per heavy atom. The second kappa shape index (κ2) is 8.19. The first-order chi connectivity index (χ1) is 18.6. The lowest BCUT2D eigenvalue weighted by Gasteiger charge is -2.45. The van der Waals surface area contributed by atoms with Crippen molar-refractivity contribution in [2.75, 3.05) is 25.0 Å². The first-order valence-corrected chi connectivity index (χ1v) is 13.9. The molecule has 194 valence electrons. The minimum absolute atomic E-state index is 0.0504. The lowest BCUT2D eigenvalue weighted by Crippen LogP contribution is -2.51. The summed E-state index contributed by atoms with van der Waals surface area (Å²) in [6.07, 6.45) is 11.4. The van der Waals surface area contributed by atoms with Crippen LogP contribution in [0.15, 0.2) is 29.5 Å². The van der Waals surface area contributed by atoms with Crippen LogP contribution in [0.2, 0.25) is 0 Å². The number of nitrogens with one attached hydrogen (secondary N) is 2. The highest BCUT2D eigenvalue weighted by atomic mass is 32.1. The van der Waals surface area contributed by atoms with Gasteiger partial charge in [-0.15, -0.1) is 11.3 Å². The molecule has 8 rings (SSSR count). The van der Waals surface area contributed by atoms with Gasteiger partial charge in [0.15, 0.2) is 0 Å². The van der Waals surface area contributed by atoms with Crippen LogP contribution < -0.4 is 10.9 Å². The molecule has 1 amide bonds. The molecule has 0 atom stereocenters. The van der Waals surface area contributed by atoms with E-state index in [1.54, 1.807) is 16.8 Å². The maximum atomic E-state index is 13.2. The molecule has 1 saturated carbocycles. The number of pyridine rings is 2. The number of carbonyl (C=O) groups excluding carboxylic acids is 1. The summed E-state index contributed by atoms with van der Waals surface area (Å²) in [6.45, 7) is 3.28. The lowest BCUT2D eigenvalue weighted by molar-refractivity contribution is -0.119. The van der Waals surface area contributed by atoms with Crippen LogP contribution >= 0.6 is 11.3 Å². The summed E-state index contributed by atoms with van der Waals surface area (Å²) >= 11 is 1.50. The Hall–Kier alpha value is -3.61. The number of thiazole rings is 1. The van der Waals surface area contributed by atoms with E-state index in [1.807, 2.05) is 17.1 Å². The molecule has 5 aromatic rings. The minimum Gasteiger partial charge on any atom is -0.373 e. The summed E-state index contributed by atoms with van der Waals surface area (Å²) in [5.74, 6) is -0.0504. The molecule has 0 radical (unpaired) electrons. The monoisotopic (exact) mass is 530 g/mol. The summed E-state index contributed by atoms with van der Waals surface area (Å²) in [4.78, 5) is 37.7. The SMILES string of the molecule is O=C(CN1CCCC12CCC2)Nc1cnc2c(c1)[nH]c(=O)c1c2nn2cc(-c3cnn4c3COCC4)sc12. The van der Waals surface area contributed by atoms with E-state index >= 15 is 0 Å². The third-order valence-corrected chi connectivity index (χ3v) is 9.57. The average molecular weight is 531 g/mol. The Morgan fingerprint density at radius 1 is 1.18 bits per heavy atom. The van der Waals surface area contributed by atoms with Crippen LogP contribution in [0, 0.1) is 0 Å². The van der Waals surface area contributed by atoms with Gasteiger partial charge in [-0.25, -0.2) is 4.52 Å². The molecule has 7 heterocycles. The van der Waals surface area contributed by atoms with Gasteiger partial charge in [0.25, 0.3) is 5.56 Å². The molecule has 2 aliphatic heterocycles. The van der Waals surface area contributed by atoms with Gasteiger partial charge in [0, 0.05) is 17.3 Å². The summed E-state index contributed by atoms with van der Waals surface area (Å²) in [5.41, 5.74) is 4.30. The van der Waals surface area contributed by atoms with Gasteiger partial charge in [0.1, 0.15) is 21.3 Å². The molecule has 1 aliphatic carbocycles. The van der Waals surface area contributed by atoms with Crippen molar-refractivity contribution >= 4 is 49.7 Å². The summed E-state index contributed by atoms with van der Waals surface area (Å²) in [5, 5.41) is 12.7. The third kappa shape index (κ3) is 3.30. The van der Waals surface area contributed by atoms with Gasteiger partial charge >= 0.3 is 0 Å². The van der Waals surface area contributed by atoms with Crippen molar-refractivity contribution in [1.82, 2.24) is 34.3 Å². The molecule has 1 spiro atoms. The highest BCUT2D eigenvalue weighted by molar-refractivity contribution is 7.21. The zero-order valence-electron chi connectivity index (χ0n) is 20.7. The molecule has 38 heavy (non-hydrogen) atoms. The van der Waals surface area contributed by atoms with E-state index in [4.69, 9.17) is 9.84 Å². The quantitative estimate of drug-likeness (QED) is 0.366. The van der Waals surface area contributed by atoms with Crippen LogP contribution in [0.25, 0.3) is 37.2 Å². The van der Waals surface area contributed by atoms with Gasteiger partial charge in [0.05, 0.1) is 60.5 Å². The van der Waals surface area contributed by atoms with E-state index in [0.29, 0.717) is 47.4 Å². The van der Waals surface area contributed by atoms with Gasteiger partial charge in [-0.05, 0) is 44.7 Å². The highest BCUT2D eigenvalue weighted by Crippen LogP contribution is 2.45. The van der Waals surface area contributed by atoms with Gasteiger partial charge in [0.2, 0.25) is 5.91 Å². The number of amides is 1. The minimum atomic E-state index is -0.231. The Labute approximate surface area is 220 Å². The molecule has 1 saturated heterocycles. The molecule has 12 heteroatoms. The topological polar surface area (TPSA) is 122 Å². The van der Waals surface area contributed by atoms with Gasteiger partial charge in [-0.3, -0.25) is 24.2 Å². The van der Waals surface area contributed by atoms with E-state index < -0.39 is 0 Å². The number of hydrogen-bond acceptors (Lipinski definition) is 8. The highest BCUT2D eigenvalue weighted by Gasteiger charge is 2.45. The fourth-order valence-electron chi connectivity index (χ4n) is 6.39. The van der Waals surface area contributed by atoms with E-state index in [-0.39, 0.29) is 17.0 Å². The smallest absolute Gasteiger partial charge is 0.261 e. The van der Waals surface area contributed by atoms with Crippen LogP contribution in [0.5, 0.6) is 0 Å². The van der Waals surface area contributed by atoms with Gasteiger partial charge < -0.3 is 15.0 Å². The Morgan fingerprint density at radius 2 is 2.08 bits per heavy atom. The number of aromatic amines is 1. The number of carbonyl (C=O) groups is 1. The van der Waals surface area contributed by atoms with Crippen molar-refractivity contribution in [3.63, 3.8) is 0 Å².